The quantitative estimate of drug-likeness (QED) is 0.533. The lowest BCUT2D eigenvalue weighted by Crippen LogP contribution is -2.41. The van der Waals surface area contributed by atoms with Crippen molar-refractivity contribution < 1.29 is 28.6 Å². The van der Waals surface area contributed by atoms with Crippen molar-refractivity contribution >= 4 is 17.7 Å². The van der Waals surface area contributed by atoms with Crippen LogP contribution in [0.4, 0.5) is 4.79 Å². The van der Waals surface area contributed by atoms with Crippen LogP contribution in [0.1, 0.15) is 47.1 Å². The van der Waals surface area contributed by atoms with Gasteiger partial charge in [0.15, 0.2) is 17.3 Å². The summed E-state index contributed by atoms with van der Waals surface area (Å²) in [6, 6.07) is 6.34. The van der Waals surface area contributed by atoms with Crippen LogP contribution in [0.3, 0.4) is 0 Å². The summed E-state index contributed by atoms with van der Waals surface area (Å²) >= 11 is 0. The lowest BCUT2D eigenvalue weighted by Gasteiger charge is -2.22. The van der Waals surface area contributed by atoms with Gasteiger partial charge >= 0.3 is 6.03 Å². The Kier molecular flexibility index (Phi) is 5.16. The van der Waals surface area contributed by atoms with E-state index < -0.39 is 17.5 Å². The van der Waals surface area contributed by atoms with Gasteiger partial charge in [-0.15, -0.1) is 0 Å². The molecule has 2 atom stereocenters. The zero-order chi connectivity index (χ0) is 23.3. The Bertz CT molecular complexity index is 1150. The molecule has 2 aromatic rings. The average Bonchev–Trinajstić information content (AvgIpc) is 3.56. The van der Waals surface area contributed by atoms with Crippen molar-refractivity contribution in [3.8, 4) is 11.5 Å². The summed E-state index contributed by atoms with van der Waals surface area (Å²) in [5, 5.41) is 2.74. The summed E-state index contributed by atoms with van der Waals surface area (Å²) in [6.45, 7) is 6.71. The summed E-state index contributed by atoms with van der Waals surface area (Å²) < 4.78 is 18.5. The van der Waals surface area contributed by atoms with Crippen LogP contribution in [0.2, 0.25) is 0 Å². The lowest BCUT2D eigenvalue weighted by atomic mass is 9.91. The first kappa shape index (κ1) is 21.5. The van der Waals surface area contributed by atoms with Gasteiger partial charge in [-0.2, -0.15) is 0 Å². The number of amides is 3. The highest BCUT2D eigenvalue weighted by molar-refractivity contribution is 6.11. The summed E-state index contributed by atoms with van der Waals surface area (Å²) in [7, 11) is 0. The van der Waals surface area contributed by atoms with Gasteiger partial charge in [-0.1, -0.05) is 6.07 Å². The molecule has 9 nitrogen and oxygen atoms in total. The molecule has 0 spiro atoms. The molecule has 3 aliphatic heterocycles. The van der Waals surface area contributed by atoms with E-state index in [-0.39, 0.29) is 25.2 Å². The number of fused-ring (bicyclic) bond motifs is 1. The maximum atomic E-state index is 13.3. The summed E-state index contributed by atoms with van der Waals surface area (Å²) in [5.74, 6) is 0.349. The van der Waals surface area contributed by atoms with Gasteiger partial charge in [0.25, 0.3) is 5.91 Å². The fraction of sp³-hybridized carbons (Fsp3) is 0.458. The molecule has 1 aromatic heterocycles. The van der Waals surface area contributed by atoms with Crippen LogP contribution < -0.4 is 14.8 Å². The molecule has 1 N–H and O–H groups in total. The summed E-state index contributed by atoms with van der Waals surface area (Å²) in [4.78, 5) is 40.2. The highest BCUT2D eigenvalue weighted by Crippen LogP contribution is 2.38. The Morgan fingerprint density at radius 3 is 2.73 bits per heavy atom. The Balaban J connectivity index is 1.35. The van der Waals surface area contributed by atoms with E-state index >= 15 is 0 Å². The molecule has 9 heteroatoms. The number of benzene rings is 1. The van der Waals surface area contributed by atoms with Crippen LogP contribution in [0, 0.1) is 13.8 Å². The first-order chi connectivity index (χ1) is 15.8. The van der Waals surface area contributed by atoms with Gasteiger partial charge in [0.1, 0.15) is 5.54 Å². The molecule has 3 aliphatic rings. The topological polar surface area (TPSA) is 99.1 Å². The van der Waals surface area contributed by atoms with Gasteiger partial charge in [0.2, 0.25) is 6.79 Å². The van der Waals surface area contributed by atoms with E-state index in [9.17, 15) is 14.4 Å². The number of carbonyl (C=O) groups is 3. The molecule has 5 rings (SSSR count). The number of Topliss-reactive ketones (excluding diaryl/α,β-unsaturated/α-hetero) is 1. The van der Waals surface area contributed by atoms with Crippen LogP contribution in [0.5, 0.6) is 11.5 Å². The molecule has 0 bridgehead atoms. The van der Waals surface area contributed by atoms with Crippen LogP contribution in [-0.2, 0) is 21.6 Å². The standard InChI is InChI=1S/C24H27N3O6/c1-14-9-18(15(2)26(14)11-17-5-4-8-31-17)19(28)12-27-22(29)24(3,25-23(27)30)16-6-7-20-21(10-16)33-13-32-20/h6-7,9-10,17H,4-5,8,11-13H2,1-3H3,(H,25,30)/t17-,24-/m1/s1. The number of ketones is 1. The van der Waals surface area contributed by atoms with E-state index in [1.54, 1.807) is 25.1 Å². The lowest BCUT2D eigenvalue weighted by molar-refractivity contribution is -0.130. The minimum Gasteiger partial charge on any atom is -0.454 e. The van der Waals surface area contributed by atoms with Crippen molar-refractivity contribution in [2.45, 2.75) is 51.8 Å². The fourth-order valence-electron chi connectivity index (χ4n) is 4.83. The molecule has 33 heavy (non-hydrogen) atoms. The van der Waals surface area contributed by atoms with E-state index in [0.717, 1.165) is 35.7 Å². The van der Waals surface area contributed by atoms with Crippen molar-refractivity contribution in [2.24, 2.45) is 0 Å². The zero-order valence-electron chi connectivity index (χ0n) is 19.0. The van der Waals surface area contributed by atoms with E-state index in [1.807, 2.05) is 19.9 Å². The predicted molar refractivity (Wildman–Crippen MR) is 117 cm³/mol. The molecule has 0 aliphatic carbocycles. The van der Waals surface area contributed by atoms with E-state index in [4.69, 9.17) is 14.2 Å². The van der Waals surface area contributed by atoms with Gasteiger partial charge in [0, 0.05) is 30.1 Å². The van der Waals surface area contributed by atoms with Crippen molar-refractivity contribution in [3.63, 3.8) is 0 Å². The number of hydrogen-bond acceptors (Lipinski definition) is 6. The molecule has 0 radical (unpaired) electrons. The number of hydrogen-bond donors (Lipinski definition) is 1. The molecule has 174 valence electrons. The number of imide groups is 1. The monoisotopic (exact) mass is 453 g/mol. The Hall–Kier alpha value is -3.33. The van der Waals surface area contributed by atoms with Crippen LogP contribution >= 0.6 is 0 Å². The van der Waals surface area contributed by atoms with Gasteiger partial charge in [-0.3, -0.25) is 14.5 Å². The second kappa shape index (κ2) is 7.91. The molecule has 3 amide bonds. The van der Waals surface area contributed by atoms with Gasteiger partial charge in [0.05, 0.1) is 12.6 Å². The molecular formula is C24H27N3O6. The first-order valence-corrected chi connectivity index (χ1v) is 11.1. The summed E-state index contributed by atoms with van der Waals surface area (Å²) in [6.07, 6.45) is 2.19. The number of nitrogens with zero attached hydrogens (tertiary/aromatic N) is 2. The molecule has 4 heterocycles. The Morgan fingerprint density at radius 1 is 1.18 bits per heavy atom. The van der Waals surface area contributed by atoms with Crippen LogP contribution in [0.25, 0.3) is 0 Å². The maximum Gasteiger partial charge on any atom is 0.325 e. The van der Waals surface area contributed by atoms with E-state index in [0.29, 0.717) is 29.2 Å². The second-order valence-corrected chi connectivity index (χ2v) is 8.97. The largest absolute Gasteiger partial charge is 0.454 e. The number of rotatable bonds is 6. The fourth-order valence-corrected chi connectivity index (χ4v) is 4.83. The van der Waals surface area contributed by atoms with Crippen molar-refractivity contribution in [3.05, 3.63) is 46.8 Å². The minimum absolute atomic E-state index is 0.113. The highest BCUT2D eigenvalue weighted by atomic mass is 16.7. The molecule has 0 unspecified atom stereocenters. The molecule has 2 fully saturated rings. The molecular weight excluding hydrogens is 426 g/mol. The van der Waals surface area contributed by atoms with Gasteiger partial charge < -0.3 is 24.1 Å². The normalized spacial score (nSPS) is 24.0. The van der Waals surface area contributed by atoms with E-state index in [2.05, 4.69) is 9.88 Å². The number of aromatic nitrogens is 1. The smallest absolute Gasteiger partial charge is 0.325 e. The number of ether oxygens (including phenoxy) is 3. The van der Waals surface area contributed by atoms with Gasteiger partial charge in [-0.05, 0) is 57.4 Å². The number of aryl methyl sites for hydroxylation is 1. The highest BCUT2D eigenvalue weighted by Gasteiger charge is 2.50. The third-order valence-electron chi connectivity index (χ3n) is 6.81. The Labute approximate surface area is 191 Å². The molecule has 0 saturated carbocycles. The van der Waals surface area contributed by atoms with Crippen molar-refractivity contribution in [2.75, 3.05) is 19.9 Å². The molecule has 1 aromatic carbocycles. The number of nitrogens with one attached hydrogen (secondary N) is 1. The third kappa shape index (κ3) is 3.56. The average molecular weight is 453 g/mol. The SMILES string of the molecule is Cc1cc(C(=O)CN2C(=O)N[C@](C)(c3ccc4c(c3)OCO4)C2=O)c(C)n1C[C@H]1CCCO1. The minimum atomic E-state index is -1.30. The van der Waals surface area contributed by atoms with Crippen LogP contribution in [-0.4, -0.2) is 53.2 Å². The first-order valence-electron chi connectivity index (χ1n) is 11.1. The number of carbonyl (C=O) groups excluding carboxylic acids is 3. The predicted octanol–water partition coefficient (Wildman–Crippen LogP) is 2.66. The van der Waals surface area contributed by atoms with Gasteiger partial charge in [-0.25, -0.2) is 4.79 Å². The van der Waals surface area contributed by atoms with E-state index in [1.165, 1.54) is 0 Å². The summed E-state index contributed by atoms with van der Waals surface area (Å²) in [5.41, 5.74) is 1.56. The third-order valence-corrected chi connectivity index (χ3v) is 6.81. The zero-order valence-corrected chi connectivity index (χ0v) is 19.0. The number of urea groups is 1. The second-order valence-electron chi connectivity index (χ2n) is 8.97. The maximum absolute atomic E-state index is 13.3. The Morgan fingerprint density at radius 2 is 1.97 bits per heavy atom. The van der Waals surface area contributed by atoms with Crippen molar-refractivity contribution in [1.29, 1.82) is 0 Å². The van der Waals surface area contributed by atoms with Crippen LogP contribution in [0.15, 0.2) is 24.3 Å². The molecule has 2 saturated heterocycles. The van der Waals surface area contributed by atoms with Crippen molar-refractivity contribution in [1.82, 2.24) is 14.8 Å².